The summed E-state index contributed by atoms with van der Waals surface area (Å²) < 4.78 is 51.9. The number of hydrogen-bond donors (Lipinski definition) is 3. The van der Waals surface area contributed by atoms with Gasteiger partial charge in [-0.3, -0.25) is 4.79 Å². The highest BCUT2D eigenvalue weighted by atomic mass is 19.4. The van der Waals surface area contributed by atoms with Crippen molar-refractivity contribution in [1.29, 1.82) is 0 Å². The molecule has 1 aliphatic heterocycles. The van der Waals surface area contributed by atoms with E-state index in [1.165, 1.54) is 6.07 Å². The Morgan fingerprint density at radius 3 is 2.41 bits per heavy atom. The van der Waals surface area contributed by atoms with E-state index in [0.29, 0.717) is 13.0 Å². The molecule has 10 heteroatoms. The predicted molar refractivity (Wildman–Crippen MR) is 94.1 cm³/mol. The van der Waals surface area contributed by atoms with Crippen LogP contribution in [0.3, 0.4) is 0 Å². The Labute approximate surface area is 154 Å². The number of nitrogen functional groups attached to an aromatic ring is 2. The summed E-state index contributed by atoms with van der Waals surface area (Å²) in [6, 6.07) is 1.04. The van der Waals surface area contributed by atoms with Crippen molar-refractivity contribution in [1.82, 2.24) is 10.3 Å². The van der Waals surface area contributed by atoms with Crippen molar-refractivity contribution in [3.05, 3.63) is 11.6 Å². The molecule has 1 aliphatic carbocycles. The molecule has 150 valence electrons. The van der Waals surface area contributed by atoms with Gasteiger partial charge >= 0.3 is 6.18 Å². The van der Waals surface area contributed by atoms with E-state index in [4.69, 9.17) is 11.5 Å². The Balaban J connectivity index is 1.72. The predicted octanol–water partition coefficient (Wildman–Crippen LogP) is 2.65. The quantitative estimate of drug-likeness (QED) is 0.691. The topological polar surface area (TPSA) is 97.3 Å². The minimum Gasteiger partial charge on any atom is -0.396 e. The normalized spacial score (nSPS) is 26.2. The van der Waals surface area contributed by atoms with Crippen molar-refractivity contribution < 1.29 is 22.4 Å². The summed E-state index contributed by atoms with van der Waals surface area (Å²) in [4.78, 5) is 18.5. The van der Waals surface area contributed by atoms with Crippen LogP contribution in [-0.2, 0) is 0 Å². The lowest BCUT2D eigenvalue weighted by Crippen LogP contribution is -2.40. The third-order valence-electron chi connectivity index (χ3n) is 5.26. The first-order chi connectivity index (χ1) is 12.6. The first kappa shape index (κ1) is 19.5. The van der Waals surface area contributed by atoms with Gasteiger partial charge in [0.15, 0.2) is 0 Å². The fourth-order valence-electron chi connectivity index (χ4n) is 3.68. The number of anilines is 3. The molecule has 2 heterocycles. The molecular weight excluding hydrogens is 366 g/mol. The SMILES string of the molecule is Nc1cc(C(=O)NC2CCC(C(F)(F)F)CC2)c(N2CCC(F)C2)nc1N. The van der Waals surface area contributed by atoms with Gasteiger partial charge in [0, 0.05) is 12.6 Å². The minimum atomic E-state index is -4.20. The summed E-state index contributed by atoms with van der Waals surface area (Å²) in [5.41, 5.74) is 11.8. The lowest BCUT2D eigenvalue weighted by molar-refractivity contribution is -0.182. The summed E-state index contributed by atoms with van der Waals surface area (Å²) in [6.45, 7) is 0.502. The maximum absolute atomic E-state index is 13.6. The zero-order chi connectivity index (χ0) is 19.8. The molecule has 0 spiro atoms. The molecule has 2 aliphatic rings. The number of carbonyl (C=O) groups is 1. The van der Waals surface area contributed by atoms with Gasteiger partial charge in [0.1, 0.15) is 17.8 Å². The standard InChI is InChI=1S/C17H23F4N5O/c18-10-5-6-26(8-10)15-12(7-13(22)14(23)25-15)16(27)24-11-3-1-9(2-4-11)17(19,20)21/h7,9-11H,1-6,8,22H2,(H2,23,25)(H,24,27). The number of carbonyl (C=O) groups excluding carboxylic acids is 1. The highest BCUT2D eigenvalue weighted by Crippen LogP contribution is 2.37. The highest BCUT2D eigenvalue weighted by Gasteiger charge is 2.41. The van der Waals surface area contributed by atoms with Gasteiger partial charge in [-0.05, 0) is 38.2 Å². The largest absolute Gasteiger partial charge is 0.396 e. The molecule has 1 amide bonds. The van der Waals surface area contributed by atoms with E-state index in [1.54, 1.807) is 4.90 Å². The number of halogens is 4. The molecule has 2 fully saturated rings. The average molecular weight is 389 g/mol. The van der Waals surface area contributed by atoms with Crippen molar-refractivity contribution in [2.75, 3.05) is 29.5 Å². The molecule has 0 radical (unpaired) electrons. The molecule has 0 aromatic carbocycles. The highest BCUT2D eigenvalue weighted by molar-refractivity contribution is 6.00. The van der Waals surface area contributed by atoms with Gasteiger partial charge in [0.25, 0.3) is 5.91 Å². The second-order valence-electron chi connectivity index (χ2n) is 7.23. The maximum Gasteiger partial charge on any atom is 0.391 e. The molecule has 6 nitrogen and oxygen atoms in total. The summed E-state index contributed by atoms with van der Waals surface area (Å²) in [7, 11) is 0. The molecule has 1 saturated carbocycles. The number of amides is 1. The number of rotatable bonds is 3. The van der Waals surface area contributed by atoms with Crippen molar-refractivity contribution >= 4 is 23.2 Å². The van der Waals surface area contributed by atoms with Gasteiger partial charge < -0.3 is 21.7 Å². The van der Waals surface area contributed by atoms with Gasteiger partial charge in [-0.15, -0.1) is 0 Å². The summed E-state index contributed by atoms with van der Waals surface area (Å²) in [5, 5.41) is 2.77. The Bertz CT molecular complexity index is 703. The van der Waals surface area contributed by atoms with E-state index < -0.39 is 24.2 Å². The number of nitrogens with two attached hydrogens (primary N) is 2. The van der Waals surface area contributed by atoms with E-state index in [-0.39, 0.29) is 61.2 Å². The molecule has 1 saturated heterocycles. The number of aromatic nitrogens is 1. The van der Waals surface area contributed by atoms with Crippen LogP contribution in [0.5, 0.6) is 0 Å². The third-order valence-corrected chi connectivity index (χ3v) is 5.26. The van der Waals surface area contributed by atoms with E-state index >= 15 is 0 Å². The van der Waals surface area contributed by atoms with E-state index in [1.807, 2.05) is 0 Å². The van der Waals surface area contributed by atoms with Crippen molar-refractivity contribution in [2.24, 2.45) is 5.92 Å². The third kappa shape index (κ3) is 4.36. The Morgan fingerprint density at radius 1 is 1.19 bits per heavy atom. The van der Waals surface area contributed by atoms with Gasteiger partial charge in [-0.1, -0.05) is 0 Å². The fourth-order valence-corrected chi connectivity index (χ4v) is 3.68. The van der Waals surface area contributed by atoms with Crippen LogP contribution in [-0.4, -0.2) is 42.4 Å². The van der Waals surface area contributed by atoms with E-state index in [0.717, 1.165) is 0 Å². The smallest absolute Gasteiger partial charge is 0.391 e. The molecular formula is C17H23F4N5O. The molecule has 27 heavy (non-hydrogen) atoms. The molecule has 3 rings (SSSR count). The van der Waals surface area contributed by atoms with Crippen LogP contribution in [0.2, 0.25) is 0 Å². The first-order valence-corrected chi connectivity index (χ1v) is 8.97. The Morgan fingerprint density at radius 2 is 1.85 bits per heavy atom. The number of pyridine rings is 1. The van der Waals surface area contributed by atoms with Crippen LogP contribution in [0.15, 0.2) is 6.07 Å². The van der Waals surface area contributed by atoms with Gasteiger partial charge in [0.05, 0.1) is 23.7 Å². The molecule has 5 N–H and O–H groups in total. The maximum atomic E-state index is 13.6. The number of alkyl halides is 4. The lowest BCUT2D eigenvalue weighted by Gasteiger charge is -2.30. The van der Waals surface area contributed by atoms with E-state index in [9.17, 15) is 22.4 Å². The van der Waals surface area contributed by atoms with Crippen LogP contribution < -0.4 is 21.7 Å². The summed E-state index contributed by atoms with van der Waals surface area (Å²) in [6.07, 6.45) is -4.42. The van der Waals surface area contributed by atoms with E-state index in [2.05, 4.69) is 10.3 Å². The van der Waals surface area contributed by atoms with Gasteiger partial charge in [-0.2, -0.15) is 13.2 Å². The monoisotopic (exact) mass is 389 g/mol. The van der Waals surface area contributed by atoms with Crippen LogP contribution in [0, 0.1) is 5.92 Å². The summed E-state index contributed by atoms with van der Waals surface area (Å²) in [5.74, 6) is -1.50. The first-order valence-electron chi connectivity index (χ1n) is 8.97. The minimum absolute atomic E-state index is 0.0148. The molecule has 1 unspecified atom stereocenters. The van der Waals surface area contributed by atoms with Gasteiger partial charge in [0.2, 0.25) is 0 Å². The summed E-state index contributed by atoms with van der Waals surface area (Å²) >= 11 is 0. The number of nitrogens with one attached hydrogen (secondary N) is 1. The van der Waals surface area contributed by atoms with Crippen molar-refractivity contribution in [3.63, 3.8) is 0 Å². The van der Waals surface area contributed by atoms with Gasteiger partial charge in [-0.25, -0.2) is 9.37 Å². The van der Waals surface area contributed by atoms with Crippen LogP contribution >= 0.6 is 0 Å². The zero-order valence-corrected chi connectivity index (χ0v) is 14.7. The van der Waals surface area contributed by atoms with Crippen molar-refractivity contribution in [2.45, 2.75) is 50.5 Å². The van der Waals surface area contributed by atoms with Crippen LogP contribution in [0.1, 0.15) is 42.5 Å². The molecule has 1 aromatic rings. The van der Waals surface area contributed by atoms with Crippen molar-refractivity contribution in [3.8, 4) is 0 Å². The fraction of sp³-hybridized carbons (Fsp3) is 0.647. The molecule has 1 aromatic heterocycles. The number of hydrogen-bond acceptors (Lipinski definition) is 5. The van der Waals surface area contributed by atoms with Crippen LogP contribution in [0.25, 0.3) is 0 Å². The average Bonchev–Trinajstić information content (AvgIpc) is 3.03. The molecule has 1 atom stereocenters. The second kappa shape index (κ2) is 7.40. The zero-order valence-electron chi connectivity index (χ0n) is 14.7. The van der Waals surface area contributed by atoms with Crippen LogP contribution in [0.4, 0.5) is 34.9 Å². The Kier molecular flexibility index (Phi) is 5.34. The Hall–Kier alpha value is -2.26. The lowest BCUT2D eigenvalue weighted by atomic mass is 9.85. The molecule has 0 bridgehead atoms. The second-order valence-corrected chi connectivity index (χ2v) is 7.23. The number of nitrogens with zero attached hydrogens (tertiary/aromatic N) is 2.